The number of nitrogens with one attached hydrogen (secondary N) is 1. The van der Waals surface area contributed by atoms with Crippen molar-refractivity contribution in [3.05, 3.63) is 344 Å². The molecule has 0 unspecified atom stereocenters. The zero-order valence-electron chi connectivity index (χ0n) is 63.7. The molecule has 117 heavy (non-hydrogen) atoms. The number of para-hydroxylation sites is 8. The first-order chi connectivity index (χ1) is 57.8. The molecule has 0 amide bonds. The molecule has 0 spiro atoms. The van der Waals surface area contributed by atoms with Crippen molar-refractivity contribution in [2.45, 2.75) is 20.8 Å². The Hall–Kier alpha value is -14.2. The number of fused-ring (bicyclic) bond motifs is 25. The quantitative estimate of drug-likeness (QED) is 0.167. The van der Waals surface area contributed by atoms with Crippen LogP contribution >= 0.6 is 22.7 Å². The van der Waals surface area contributed by atoms with Crippen molar-refractivity contribution in [3.63, 3.8) is 0 Å². The second kappa shape index (κ2) is 23.5. The number of rotatable bonds is 6. The molecule has 1 N–H and O–H groups in total. The molecule has 14 heteroatoms. The van der Waals surface area contributed by atoms with Crippen LogP contribution in [0.1, 0.15) is 16.7 Å². The van der Waals surface area contributed by atoms with Crippen molar-refractivity contribution in [3.8, 4) is 40.1 Å². The van der Waals surface area contributed by atoms with Gasteiger partial charge in [-0.2, -0.15) is 0 Å². The average Bonchev–Trinajstić information content (AvgIpc) is 1.67. The van der Waals surface area contributed by atoms with Gasteiger partial charge in [-0.05, 0) is 162 Å². The number of anilines is 11. The van der Waals surface area contributed by atoms with Crippen molar-refractivity contribution in [2.75, 3.05) is 20.0 Å². The Balaban J connectivity index is 0.746. The standard InChI is InChI=1S/C103H64B3N7O2S2/c1-58-46-59(2)99(60(3)47-58)113-86-57-91-77(55-75(86)106-97-88(112(62-28-8-5-9-29-62)101-73-37-17-25-45-95(73)117-103(101)106)50-64(51-89(97)113)109-82-40-20-12-32-68(82)69-33-13-21-41-83(69)109)104-76-54-74-78(56-90(76)114-92-52-65(53-93(115-91)98(92)104)110-84-42-22-14-34-70(84)71-35-15-23-43-85(71)110)107-79-48-63(108-80-38-18-10-30-66(80)67-31-11-19-39-81(67)108)49-87-96(79)105(74)102-100(72-36-16-24-44-94(72)116-102)111(87)61-26-6-4-7-27-61/h4-57,107H,1-3H3. The van der Waals surface area contributed by atoms with Crippen LogP contribution in [-0.4, -0.2) is 33.8 Å². The summed E-state index contributed by atoms with van der Waals surface area (Å²) >= 11 is 3.85. The highest BCUT2D eigenvalue weighted by Gasteiger charge is 2.51. The van der Waals surface area contributed by atoms with Gasteiger partial charge >= 0.3 is 0 Å². The molecular weight excluding hydrogens is 1460 g/mol. The maximum atomic E-state index is 8.01. The predicted molar refractivity (Wildman–Crippen MR) is 495 cm³/mol. The van der Waals surface area contributed by atoms with Gasteiger partial charge in [0.1, 0.15) is 23.0 Å². The largest absolute Gasteiger partial charge is 0.458 e. The van der Waals surface area contributed by atoms with Gasteiger partial charge in [0.15, 0.2) is 0 Å². The van der Waals surface area contributed by atoms with Crippen LogP contribution in [0.4, 0.5) is 62.6 Å². The minimum atomic E-state index is -0.365. The van der Waals surface area contributed by atoms with Crippen molar-refractivity contribution >= 4 is 239 Å². The summed E-state index contributed by atoms with van der Waals surface area (Å²) in [7, 11) is 0. The van der Waals surface area contributed by atoms with Crippen LogP contribution in [0.15, 0.2) is 328 Å². The normalized spacial score (nSPS) is 13.7. The minimum Gasteiger partial charge on any atom is -0.458 e. The highest BCUT2D eigenvalue weighted by molar-refractivity contribution is 7.34. The average molecular weight is 1530 g/mol. The summed E-state index contributed by atoms with van der Waals surface area (Å²) in [4.78, 5) is 7.80. The van der Waals surface area contributed by atoms with Gasteiger partial charge < -0.3 is 43.2 Å². The molecule has 16 aromatic carbocycles. The monoisotopic (exact) mass is 1530 g/mol. The lowest BCUT2D eigenvalue weighted by Crippen LogP contribution is -2.64. The van der Waals surface area contributed by atoms with Crippen molar-refractivity contribution < 1.29 is 9.47 Å². The first-order valence-electron chi connectivity index (χ1n) is 40.4. The minimum absolute atomic E-state index is 0.185. The first-order valence-corrected chi connectivity index (χ1v) is 42.0. The number of aryl methyl sites for hydroxylation is 3. The maximum Gasteiger partial charge on any atom is 0.264 e. The first kappa shape index (κ1) is 64.2. The van der Waals surface area contributed by atoms with E-state index in [1.165, 1.54) is 112 Å². The Bertz CT molecular complexity index is 7870. The Labute approximate surface area is 682 Å². The van der Waals surface area contributed by atoms with Crippen LogP contribution in [0.25, 0.3) is 103 Å². The molecule has 0 radical (unpaired) electrons. The number of hydrogen-bond acceptors (Lipinski definition) is 8. The van der Waals surface area contributed by atoms with Crippen LogP contribution in [0, 0.1) is 20.8 Å². The Morgan fingerprint density at radius 2 is 0.641 bits per heavy atom. The van der Waals surface area contributed by atoms with Crippen molar-refractivity contribution in [1.29, 1.82) is 0 Å². The number of thiophene rings is 2. The van der Waals surface area contributed by atoms with E-state index >= 15 is 0 Å². The molecule has 27 rings (SSSR count). The lowest BCUT2D eigenvalue weighted by molar-refractivity contribution is 0.464. The van der Waals surface area contributed by atoms with Crippen molar-refractivity contribution in [2.24, 2.45) is 0 Å². The number of benzene rings is 16. The molecule has 5 aromatic heterocycles. The molecule has 0 bridgehead atoms. The van der Waals surface area contributed by atoms with E-state index in [0.717, 1.165) is 141 Å². The predicted octanol–water partition coefficient (Wildman–Crippen LogP) is 21.5. The SMILES string of the molecule is Cc1cc(C)c(N2c3cc4c(cc3B3c5sc6ccccc6c5N(c5ccccc5)c5cc(-n6c7ccccc7c7ccccc76)cc2c53)B2c3cc5c(cc3Oc3cc(-n6c7ccccc7c7ccccc76)cc(c32)O4)Nc2cc(-n3c4ccccc4c4ccccc43)cc3c2B5c2sc4ccccc4c2N3c2ccccc2)c(C)c1. The van der Waals surface area contributed by atoms with Crippen LogP contribution in [0.3, 0.4) is 0 Å². The molecule has 11 heterocycles. The molecule has 6 aliphatic heterocycles. The maximum absolute atomic E-state index is 8.01. The van der Waals surface area contributed by atoms with Crippen molar-refractivity contribution in [1.82, 2.24) is 13.7 Å². The van der Waals surface area contributed by atoms with E-state index in [9.17, 15) is 0 Å². The summed E-state index contributed by atoms with van der Waals surface area (Å²) in [6.45, 7) is 6.07. The Kier molecular flexibility index (Phi) is 12.9. The van der Waals surface area contributed by atoms with E-state index < -0.39 is 0 Å². The number of aromatic nitrogens is 3. The summed E-state index contributed by atoms with van der Waals surface area (Å²) in [6, 6.07) is 123. The molecule has 0 aliphatic carbocycles. The molecule has 0 saturated carbocycles. The number of ether oxygens (including phenoxy) is 2. The third-order valence-electron chi connectivity index (χ3n) is 26.0. The highest BCUT2D eigenvalue weighted by atomic mass is 32.1. The summed E-state index contributed by atoms with van der Waals surface area (Å²) < 4.78 is 28.3. The zero-order chi connectivity index (χ0) is 76.5. The van der Waals surface area contributed by atoms with Crippen LogP contribution in [-0.2, 0) is 0 Å². The number of hydrogen-bond donors (Lipinski definition) is 1. The fraction of sp³-hybridized carbons (Fsp3) is 0.0291. The van der Waals surface area contributed by atoms with E-state index in [4.69, 9.17) is 9.47 Å². The van der Waals surface area contributed by atoms with E-state index in [-0.39, 0.29) is 20.1 Å². The zero-order valence-corrected chi connectivity index (χ0v) is 65.4. The molecule has 544 valence electrons. The Morgan fingerprint density at radius 1 is 0.265 bits per heavy atom. The molecule has 21 aromatic rings. The van der Waals surface area contributed by atoms with Gasteiger partial charge in [0.25, 0.3) is 20.1 Å². The fourth-order valence-corrected chi connectivity index (χ4v) is 24.3. The van der Waals surface area contributed by atoms with Crippen LogP contribution < -0.4 is 77.3 Å². The lowest BCUT2D eigenvalue weighted by atomic mass is 9.31. The molecule has 0 saturated heterocycles. The third kappa shape index (κ3) is 8.69. The van der Waals surface area contributed by atoms with E-state index in [1.54, 1.807) is 0 Å². The second-order valence-electron chi connectivity index (χ2n) is 32.4. The van der Waals surface area contributed by atoms with Crippen LogP contribution in [0.5, 0.6) is 23.0 Å². The third-order valence-corrected chi connectivity index (χ3v) is 28.5. The fourth-order valence-electron chi connectivity index (χ4n) is 21.6. The molecular formula is C103H64B3N7O2S2. The van der Waals surface area contributed by atoms with Gasteiger partial charge in [0.05, 0.1) is 67.2 Å². The van der Waals surface area contributed by atoms with Gasteiger partial charge in [0.2, 0.25) is 0 Å². The second-order valence-corrected chi connectivity index (χ2v) is 34.6. The molecule has 9 nitrogen and oxygen atoms in total. The topological polar surface area (TPSA) is 55.0 Å². The van der Waals surface area contributed by atoms with Crippen LogP contribution in [0.2, 0.25) is 0 Å². The lowest BCUT2D eigenvalue weighted by Gasteiger charge is -2.45. The van der Waals surface area contributed by atoms with Gasteiger partial charge in [-0.1, -0.05) is 212 Å². The van der Waals surface area contributed by atoms with Gasteiger partial charge in [-0.25, -0.2) is 0 Å². The Morgan fingerprint density at radius 3 is 1.11 bits per heavy atom. The molecule has 0 atom stereocenters. The smallest absolute Gasteiger partial charge is 0.264 e. The van der Waals surface area contributed by atoms with E-state index in [2.05, 4.69) is 382 Å². The van der Waals surface area contributed by atoms with Gasteiger partial charge in [-0.15, -0.1) is 22.7 Å². The van der Waals surface area contributed by atoms with E-state index in [0.29, 0.717) is 0 Å². The highest BCUT2D eigenvalue weighted by Crippen LogP contribution is 2.54. The summed E-state index contributed by atoms with van der Waals surface area (Å²) in [6.07, 6.45) is 0. The number of nitrogens with zero attached hydrogens (tertiary/aromatic N) is 6. The van der Waals surface area contributed by atoms with Gasteiger partial charge in [0, 0.05) is 137 Å². The summed E-state index contributed by atoms with van der Waals surface area (Å²) in [5, 5.41) is 14.0. The van der Waals surface area contributed by atoms with Gasteiger partial charge in [-0.3, -0.25) is 0 Å². The summed E-state index contributed by atoms with van der Waals surface area (Å²) in [5.74, 6) is 3.14. The molecule has 6 aliphatic rings. The summed E-state index contributed by atoms with van der Waals surface area (Å²) in [5.41, 5.74) is 34.0. The molecule has 0 fully saturated rings. The van der Waals surface area contributed by atoms with E-state index in [1.807, 2.05) is 22.7 Å².